The van der Waals surface area contributed by atoms with Gasteiger partial charge in [-0.25, -0.2) is 0 Å². The number of aromatic nitrogens is 1. The molecule has 9 aromatic carbocycles. The fraction of sp³-hybridized carbons (Fsp3) is 0.0345. The van der Waals surface area contributed by atoms with Crippen LogP contribution in [0.4, 0.5) is 17.1 Å². The molecule has 1 aliphatic carbocycles. The highest BCUT2D eigenvalue weighted by Crippen LogP contribution is 2.45. The van der Waals surface area contributed by atoms with Crippen LogP contribution in [0, 0.1) is 0 Å². The number of nitrogens with zero attached hydrogens (tertiary/aromatic N) is 2. The van der Waals surface area contributed by atoms with E-state index in [0.717, 1.165) is 35.6 Å². The predicted molar refractivity (Wildman–Crippen MR) is 262 cm³/mol. The molecule has 0 saturated heterocycles. The van der Waals surface area contributed by atoms with E-state index in [1.807, 2.05) is 11.3 Å². The molecule has 2 nitrogen and oxygen atoms in total. The Morgan fingerprint density at radius 3 is 1.95 bits per heavy atom. The minimum atomic E-state index is 1.10. The van der Waals surface area contributed by atoms with Crippen LogP contribution in [0.3, 0.4) is 0 Å². The van der Waals surface area contributed by atoms with Crippen molar-refractivity contribution in [2.24, 2.45) is 0 Å². The molecule has 0 fully saturated rings. The first-order chi connectivity index (χ1) is 30.2. The molecule has 12 rings (SSSR count). The van der Waals surface area contributed by atoms with Crippen LogP contribution < -0.4 is 4.90 Å². The minimum absolute atomic E-state index is 1.10. The summed E-state index contributed by atoms with van der Waals surface area (Å²) in [6.45, 7) is 0. The number of hydrogen-bond acceptors (Lipinski definition) is 2. The topological polar surface area (TPSA) is 8.17 Å². The van der Waals surface area contributed by atoms with Gasteiger partial charge in [0, 0.05) is 42.8 Å². The first-order valence-electron chi connectivity index (χ1n) is 21.1. The quantitative estimate of drug-likeness (QED) is 0.156. The minimum Gasteiger partial charge on any atom is -0.310 e. The fourth-order valence-corrected chi connectivity index (χ4v) is 10.7. The van der Waals surface area contributed by atoms with Gasteiger partial charge in [0.25, 0.3) is 0 Å². The van der Waals surface area contributed by atoms with Gasteiger partial charge in [-0.1, -0.05) is 146 Å². The number of benzene rings is 9. The zero-order valence-electron chi connectivity index (χ0n) is 33.5. The van der Waals surface area contributed by atoms with Crippen molar-refractivity contribution in [2.45, 2.75) is 12.8 Å². The number of anilines is 3. The lowest BCUT2D eigenvalue weighted by molar-refractivity contribution is 1.01. The molecule has 288 valence electrons. The Hall–Kier alpha value is -7.46. The van der Waals surface area contributed by atoms with Crippen molar-refractivity contribution >= 4 is 77.1 Å². The third-order valence-corrected chi connectivity index (χ3v) is 13.6. The van der Waals surface area contributed by atoms with E-state index >= 15 is 0 Å². The van der Waals surface area contributed by atoms with Crippen molar-refractivity contribution in [2.75, 3.05) is 4.90 Å². The van der Waals surface area contributed by atoms with Crippen LogP contribution in [0.25, 0.3) is 87.8 Å². The Kier molecular flexibility index (Phi) is 8.53. The van der Waals surface area contributed by atoms with E-state index in [1.54, 1.807) is 0 Å². The summed E-state index contributed by atoms with van der Waals surface area (Å²) >= 11 is 1.91. The van der Waals surface area contributed by atoms with Crippen molar-refractivity contribution in [3.8, 4) is 39.1 Å². The molecule has 0 N–H and O–H groups in total. The molecule has 2 heterocycles. The highest BCUT2D eigenvalue weighted by molar-refractivity contribution is 7.20. The lowest BCUT2D eigenvalue weighted by atomic mass is 9.94. The molecule has 0 amide bonds. The lowest BCUT2D eigenvalue weighted by Crippen LogP contribution is -2.10. The lowest BCUT2D eigenvalue weighted by Gasteiger charge is -2.28. The Bertz CT molecular complexity index is 3460. The second-order valence-corrected chi connectivity index (χ2v) is 17.1. The van der Waals surface area contributed by atoms with Crippen LogP contribution in [0.2, 0.25) is 0 Å². The van der Waals surface area contributed by atoms with Crippen molar-refractivity contribution < 1.29 is 0 Å². The highest BCUT2D eigenvalue weighted by Gasteiger charge is 2.20. The maximum absolute atomic E-state index is 2.44. The summed E-state index contributed by atoms with van der Waals surface area (Å²) in [4.78, 5) is 3.85. The average molecular weight is 797 g/mol. The van der Waals surface area contributed by atoms with Crippen LogP contribution in [-0.4, -0.2) is 4.57 Å². The van der Waals surface area contributed by atoms with Crippen LogP contribution in [0.5, 0.6) is 0 Å². The Morgan fingerprint density at radius 2 is 1.10 bits per heavy atom. The van der Waals surface area contributed by atoms with Crippen LogP contribution >= 0.6 is 11.3 Å². The summed E-state index contributed by atoms with van der Waals surface area (Å²) in [5.74, 6) is 0. The Labute approximate surface area is 359 Å². The molecule has 0 radical (unpaired) electrons. The largest absolute Gasteiger partial charge is 0.310 e. The monoisotopic (exact) mass is 796 g/mol. The standard InChI is InChI=1S/C58H40N2S/c1-3-14-39(15-4-1)40-26-30-45(31-27-40)59(55-34-33-47(48-20-7-8-21-49(48)55)43-29-35-58-53(37-43)52-23-10-12-25-57(52)61-58)46-19-13-16-41(36-46)42-28-32-51-50-22-9-11-24-54(50)60(56(51)38-42)44-17-5-2-6-18-44/h1-9,11-22,24-38H,10,23H2. The molecule has 3 heteroatoms. The van der Waals surface area contributed by atoms with Gasteiger partial charge in [-0.15, -0.1) is 11.3 Å². The second-order valence-electron chi connectivity index (χ2n) is 16.0. The molecule has 0 atom stereocenters. The number of rotatable bonds is 7. The van der Waals surface area contributed by atoms with Crippen LogP contribution in [0.1, 0.15) is 16.9 Å². The van der Waals surface area contributed by atoms with E-state index in [2.05, 4.69) is 228 Å². The first-order valence-corrected chi connectivity index (χ1v) is 22.0. The van der Waals surface area contributed by atoms with Crippen molar-refractivity contribution in [3.63, 3.8) is 0 Å². The summed E-state index contributed by atoms with van der Waals surface area (Å²) in [7, 11) is 0. The summed E-state index contributed by atoms with van der Waals surface area (Å²) in [5, 5.41) is 6.36. The van der Waals surface area contributed by atoms with Crippen molar-refractivity contribution in [1.29, 1.82) is 0 Å². The van der Waals surface area contributed by atoms with Gasteiger partial charge in [-0.2, -0.15) is 0 Å². The number of thiophene rings is 1. The molecule has 0 saturated carbocycles. The SMILES string of the molecule is C1=Cc2sc3ccc(-c4ccc(N(c5ccc(-c6ccccc6)cc5)c5cccc(-c6ccc7c8ccccc8n(-c8ccccc8)c7c6)c5)c5ccccc45)cc3c2CC1. The number of hydrogen-bond donors (Lipinski definition) is 0. The molecule has 1 aliphatic rings. The number of aryl methyl sites for hydroxylation is 1. The van der Waals surface area contributed by atoms with Gasteiger partial charge in [0.05, 0.1) is 16.7 Å². The predicted octanol–water partition coefficient (Wildman–Crippen LogP) is 16.6. The van der Waals surface area contributed by atoms with Gasteiger partial charge in [0.2, 0.25) is 0 Å². The molecule has 0 unspecified atom stereocenters. The highest BCUT2D eigenvalue weighted by atomic mass is 32.1. The smallest absolute Gasteiger partial charge is 0.0547 e. The van der Waals surface area contributed by atoms with Gasteiger partial charge in [-0.3, -0.25) is 0 Å². The zero-order valence-corrected chi connectivity index (χ0v) is 34.3. The molecule has 0 spiro atoms. The summed E-state index contributed by atoms with van der Waals surface area (Å²) in [6, 6.07) is 75.8. The third kappa shape index (κ3) is 6.08. The first kappa shape index (κ1) is 35.5. The van der Waals surface area contributed by atoms with Gasteiger partial charge in [0.15, 0.2) is 0 Å². The maximum Gasteiger partial charge on any atom is 0.0547 e. The van der Waals surface area contributed by atoms with Gasteiger partial charge < -0.3 is 9.47 Å². The summed E-state index contributed by atoms with van der Waals surface area (Å²) in [6.07, 6.45) is 6.84. The van der Waals surface area contributed by atoms with Gasteiger partial charge in [0.1, 0.15) is 0 Å². The molecule has 61 heavy (non-hydrogen) atoms. The van der Waals surface area contributed by atoms with E-state index in [-0.39, 0.29) is 0 Å². The van der Waals surface area contributed by atoms with Crippen LogP contribution in [0.15, 0.2) is 212 Å². The van der Waals surface area contributed by atoms with Gasteiger partial charge in [-0.05, 0) is 135 Å². The summed E-state index contributed by atoms with van der Waals surface area (Å²) < 4.78 is 3.76. The number of para-hydroxylation sites is 2. The number of fused-ring (bicyclic) bond motifs is 7. The molecule has 2 aromatic heterocycles. The second kappa shape index (κ2) is 14.7. The van der Waals surface area contributed by atoms with E-state index in [0.29, 0.717) is 0 Å². The van der Waals surface area contributed by atoms with Crippen LogP contribution in [-0.2, 0) is 6.42 Å². The zero-order chi connectivity index (χ0) is 40.3. The molecular formula is C58H40N2S. The Morgan fingerprint density at radius 1 is 0.426 bits per heavy atom. The molecule has 0 aliphatic heterocycles. The fourth-order valence-electron chi connectivity index (χ4n) is 9.57. The normalized spacial score (nSPS) is 12.4. The van der Waals surface area contributed by atoms with Gasteiger partial charge >= 0.3 is 0 Å². The van der Waals surface area contributed by atoms with E-state index in [9.17, 15) is 0 Å². The van der Waals surface area contributed by atoms with E-state index < -0.39 is 0 Å². The maximum atomic E-state index is 2.44. The average Bonchev–Trinajstić information content (AvgIpc) is 3.88. The summed E-state index contributed by atoms with van der Waals surface area (Å²) in [5.41, 5.74) is 15.7. The van der Waals surface area contributed by atoms with Crippen molar-refractivity contribution in [3.05, 3.63) is 223 Å². The molecule has 0 bridgehead atoms. The molecular weight excluding hydrogens is 757 g/mol. The van der Waals surface area contributed by atoms with E-state index in [4.69, 9.17) is 0 Å². The number of allylic oxidation sites excluding steroid dienone is 1. The van der Waals surface area contributed by atoms with Crippen molar-refractivity contribution in [1.82, 2.24) is 4.57 Å². The molecule has 11 aromatic rings. The Balaban J connectivity index is 1.02. The van der Waals surface area contributed by atoms with E-state index in [1.165, 1.54) is 86.5 Å². The third-order valence-electron chi connectivity index (χ3n) is 12.5.